The van der Waals surface area contributed by atoms with Gasteiger partial charge in [0.05, 0.1) is 0 Å². The maximum Gasteiger partial charge on any atom is 0.346 e. The molecule has 2 aromatic rings. The molecule has 0 bridgehead atoms. The van der Waals surface area contributed by atoms with Crippen molar-refractivity contribution in [1.82, 2.24) is 10.6 Å². The molecule has 2 aromatic carbocycles. The molecule has 2 rings (SSSR count). The van der Waals surface area contributed by atoms with E-state index in [0.29, 0.717) is 24.2 Å². The van der Waals surface area contributed by atoms with Crippen LogP contribution in [0.2, 0.25) is 0 Å². The molecule has 8 nitrogen and oxygen atoms in total. The molecular weight excluding hydrogens is 426 g/mol. The summed E-state index contributed by atoms with van der Waals surface area (Å²) in [7, 11) is -8.63. The van der Waals surface area contributed by atoms with Crippen molar-refractivity contribution in [2.45, 2.75) is 37.2 Å². The van der Waals surface area contributed by atoms with Crippen LogP contribution in [0, 0.1) is 0 Å². The van der Waals surface area contributed by atoms with Crippen LogP contribution >= 0.6 is 15.2 Å². The van der Waals surface area contributed by atoms with E-state index in [1.165, 1.54) is 0 Å². The molecular formula is C20H30N2O6P2. The molecule has 0 aromatic heterocycles. The average Bonchev–Trinajstić information content (AvgIpc) is 2.69. The van der Waals surface area contributed by atoms with Gasteiger partial charge in [-0.2, -0.15) is 0 Å². The fraction of sp³-hybridized carbons (Fsp3) is 0.400. The van der Waals surface area contributed by atoms with Crippen molar-refractivity contribution < 1.29 is 28.7 Å². The fourth-order valence-corrected chi connectivity index (χ4v) is 5.07. The Kier molecular flexibility index (Phi) is 9.88. The summed E-state index contributed by atoms with van der Waals surface area (Å²) < 4.78 is 23.5. The zero-order valence-electron chi connectivity index (χ0n) is 16.7. The molecule has 0 heterocycles. The molecule has 6 N–H and O–H groups in total. The Bertz CT molecular complexity index is 769. The summed E-state index contributed by atoms with van der Waals surface area (Å²) in [5.74, 6) is -2.04. The highest BCUT2D eigenvalue weighted by atomic mass is 31.2. The van der Waals surface area contributed by atoms with Crippen molar-refractivity contribution in [2.75, 3.05) is 13.1 Å². The van der Waals surface area contributed by atoms with Gasteiger partial charge in [-0.25, -0.2) is 0 Å². The van der Waals surface area contributed by atoms with Gasteiger partial charge in [0.15, 0.2) is 0 Å². The lowest BCUT2D eigenvalue weighted by Gasteiger charge is -2.21. The minimum absolute atomic E-state index is 0.465. The first-order valence-corrected chi connectivity index (χ1v) is 13.2. The minimum atomic E-state index is -4.32. The third-order valence-electron chi connectivity index (χ3n) is 4.68. The van der Waals surface area contributed by atoms with E-state index in [9.17, 15) is 28.7 Å². The van der Waals surface area contributed by atoms with E-state index >= 15 is 0 Å². The minimum Gasteiger partial charge on any atom is -0.323 e. The van der Waals surface area contributed by atoms with Gasteiger partial charge >= 0.3 is 15.2 Å². The molecule has 0 fully saturated rings. The zero-order valence-corrected chi connectivity index (χ0v) is 18.5. The molecule has 0 aliphatic carbocycles. The van der Waals surface area contributed by atoms with Gasteiger partial charge in [0.25, 0.3) is 0 Å². The standard InChI is InChI=1S/C20H30N2O6P2/c23-29(24,25)19(17-11-5-3-6-12-17)21-15-9-1-2-10-16-22-20(30(26,27)28)18-13-7-4-8-14-18/h3-8,11-14,19-22H,1-2,9-10,15-16H2,(H2,23,24,25)(H2,26,27,28). The van der Waals surface area contributed by atoms with Gasteiger partial charge in [-0.05, 0) is 37.1 Å². The van der Waals surface area contributed by atoms with Crippen LogP contribution in [0.25, 0.3) is 0 Å². The third-order valence-corrected chi connectivity index (χ3v) is 6.99. The normalized spacial score (nSPS) is 14.4. The van der Waals surface area contributed by atoms with E-state index in [1.807, 2.05) is 0 Å². The lowest BCUT2D eigenvalue weighted by molar-refractivity contribution is 0.343. The summed E-state index contributed by atoms with van der Waals surface area (Å²) >= 11 is 0. The number of unbranched alkanes of at least 4 members (excludes halogenated alkanes) is 3. The van der Waals surface area contributed by atoms with Crippen molar-refractivity contribution in [3.63, 3.8) is 0 Å². The maximum absolute atomic E-state index is 11.8. The van der Waals surface area contributed by atoms with Gasteiger partial charge in [0.2, 0.25) is 0 Å². The van der Waals surface area contributed by atoms with E-state index in [-0.39, 0.29) is 0 Å². The second-order valence-electron chi connectivity index (χ2n) is 7.13. The summed E-state index contributed by atoms with van der Waals surface area (Å²) in [5.41, 5.74) is 1.11. The molecule has 0 radical (unpaired) electrons. The number of hydrogen-bond acceptors (Lipinski definition) is 4. The van der Waals surface area contributed by atoms with Crippen molar-refractivity contribution in [3.05, 3.63) is 71.8 Å². The van der Waals surface area contributed by atoms with Crippen LogP contribution in [0.15, 0.2) is 60.7 Å². The molecule has 30 heavy (non-hydrogen) atoms. The second-order valence-corrected chi connectivity index (χ2v) is 10.5. The third kappa shape index (κ3) is 8.42. The predicted molar refractivity (Wildman–Crippen MR) is 117 cm³/mol. The van der Waals surface area contributed by atoms with Crippen molar-refractivity contribution in [1.29, 1.82) is 0 Å². The maximum atomic E-state index is 11.8. The molecule has 0 spiro atoms. The van der Waals surface area contributed by atoms with Gasteiger partial charge < -0.3 is 19.6 Å². The highest BCUT2D eigenvalue weighted by Crippen LogP contribution is 2.50. The molecule has 2 unspecified atom stereocenters. The summed E-state index contributed by atoms with van der Waals surface area (Å²) in [6.07, 6.45) is 3.15. The lowest BCUT2D eigenvalue weighted by Crippen LogP contribution is -2.23. The molecule has 0 amide bonds. The van der Waals surface area contributed by atoms with E-state index in [1.54, 1.807) is 60.7 Å². The number of nitrogens with one attached hydrogen (secondary N) is 2. The molecule has 2 atom stereocenters. The van der Waals surface area contributed by atoms with Crippen molar-refractivity contribution in [2.24, 2.45) is 0 Å². The van der Waals surface area contributed by atoms with Crippen molar-refractivity contribution in [3.8, 4) is 0 Å². The smallest absolute Gasteiger partial charge is 0.323 e. The Morgan fingerprint density at radius 3 is 1.23 bits per heavy atom. The first-order chi connectivity index (χ1) is 14.2. The first-order valence-electron chi connectivity index (χ1n) is 9.86. The highest BCUT2D eigenvalue weighted by Gasteiger charge is 2.30. The Labute approximate surface area is 177 Å². The Hall–Kier alpha value is -1.34. The largest absolute Gasteiger partial charge is 0.346 e. The monoisotopic (exact) mass is 456 g/mol. The molecule has 0 aliphatic rings. The van der Waals surface area contributed by atoms with Crippen LogP contribution in [-0.4, -0.2) is 32.7 Å². The summed E-state index contributed by atoms with van der Waals surface area (Å²) in [4.78, 5) is 38.4. The Balaban J connectivity index is 1.70. The van der Waals surface area contributed by atoms with Crippen LogP contribution in [0.3, 0.4) is 0 Å². The van der Waals surface area contributed by atoms with Crippen LogP contribution < -0.4 is 10.6 Å². The van der Waals surface area contributed by atoms with E-state index in [0.717, 1.165) is 25.7 Å². The van der Waals surface area contributed by atoms with E-state index < -0.39 is 26.8 Å². The predicted octanol–water partition coefficient (Wildman–Crippen LogP) is 3.48. The first kappa shape index (κ1) is 24.9. The average molecular weight is 456 g/mol. The van der Waals surface area contributed by atoms with Crippen LogP contribution in [-0.2, 0) is 9.13 Å². The lowest BCUT2D eigenvalue weighted by atomic mass is 10.1. The number of benzene rings is 2. The van der Waals surface area contributed by atoms with E-state index in [4.69, 9.17) is 0 Å². The van der Waals surface area contributed by atoms with Crippen LogP contribution in [0.5, 0.6) is 0 Å². The van der Waals surface area contributed by atoms with Crippen LogP contribution in [0.4, 0.5) is 0 Å². The Morgan fingerprint density at radius 1 is 0.600 bits per heavy atom. The molecule has 0 saturated carbocycles. The molecule has 0 saturated heterocycles. The second kappa shape index (κ2) is 11.9. The summed E-state index contributed by atoms with van der Waals surface area (Å²) in [6.45, 7) is 0.931. The van der Waals surface area contributed by atoms with Gasteiger partial charge in [-0.1, -0.05) is 73.5 Å². The summed E-state index contributed by atoms with van der Waals surface area (Å²) in [6, 6.07) is 17.3. The zero-order chi connectivity index (χ0) is 22.0. The number of rotatable bonds is 13. The van der Waals surface area contributed by atoms with Crippen LogP contribution in [0.1, 0.15) is 48.4 Å². The molecule has 10 heteroatoms. The molecule has 0 aliphatic heterocycles. The molecule has 166 valence electrons. The fourth-order valence-electron chi connectivity index (χ4n) is 3.21. The SMILES string of the molecule is O=P(O)(O)C(NCCCCCCNC(c1ccccc1)P(=O)(O)O)c1ccccc1. The topological polar surface area (TPSA) is 139 Å². The quantitative estimate of drug-likeness (QED) is 0.199. The van der Waals surface area contributed by atoms with Crippen molar-refractivity contribution >= 4 is 15.2 Å². The highest BCUT2D eigenvalue weighted by molar-refractivity contribution is 7.52. The Morgan fingerprint density at radius 2 is 0.933 bits per heavy atom. The number of hydrogen-bond donors (Lipinski definition) is 6. The van der Waals surface area contributed by atoms with Gasteiger partial charge in [0, 0.05) is 0 Å². The van der Waals surface area contributed by atoms with E-state index in [2.05, 4.69) is 10.6 Å². The van der Waals surface area contributed by atoms with Gasteiger partial charge in [0.1, 0.15) is 11.6 Å². The van der Waals surface area contributed by atoms with Gasteiger partial charge in [-0.3, -0.25) is 19.8 Å². The van der Waals surface area contributed by atoms with Gasteiger partial charge in [-0.15, -0.1) is 0 Å². The summed E-state index contributed by atoms with van der Waals surface area (Å²) in [5, 5.41) is 5.89.